The van der Waals surface area contributed by atoms with Gasteiger partial charge in [0, 0.05) is 43.2 Å². The van der Waals surface area contributed by atoms with E-state index in [1.807, 2.05) is 0 Å². The van der Waals surface area contributed by atoms with Crippen LogP contribution in [0.25, 0.3) is 0 Å². The molecule has 0 radical (unpaired) electrons. The third kappa shape index (κ3) is 13.7. The van der Waals surface area contributed by atoms with Crippen molar-refractivity contribution in [2.75, 3.05) is 0 Å². The fraction of sp³-hybridized carbons (Fsp3) is 0.293. The monoisotopic (exact) mass is 860 g/mol. The first kappa shape index (κ1) is 46.0. The van der Waals surface area contributed by atoms with Crippen molar-refractivity contribution < 1.29 is 35.0 Å². The van der Waals surface area contributed by atoms with Gasteiger partial charge in [-0.1, -0.05) is 177 Å². The molecule has 4 rings (SSSR count). The fourth-order valence-corrected chi connectivity index (χ4v) is 11.3. The summed E-state index contributed by atoms with van der Waals surface area (Å²) in [4.78, 5) is 0. The summed E-state index contributed by atoms with van der Waals surface area (Å²) in [6.07, 6.45) is 0. The Kier molecular flexibility index (Phi) is 22.0. The molecule has 0 saturated heterocycles. The third-order valence-corrected chi connectivity index (χ3v) is 13.0. The Morgan fingerprint density at radius 1 is 0.449 bits per heavy atom. The second-order valence-corrected chi connectivity index (χ2v) is 18.0. The molecule has 8 heteroatoms. The SMILES string of the molecule is C[C@@H](/C(=N\N=C(\[C@H](C)P(c1ccccc1)c1ccccc1)C(C)(C)C)C(C)(C)C)P(c1ccccc1)c1ccccc1.[C-]#[O+].[C-]#[O+].[C-]#[O+].[W]. The van der Waals surface area contributed by atoms with E-state index in [1.165, 1.54) is 21.2 Å². The molecule has 0 unspecified atom stereocenters. The predicted molar refractivity (Wildman–Crippen MR) is 203 cm³/mol. The molecule has 0 bridgehead atoms. The largest absolute Gasteiger partial charge is 0 e. The first-order valence-electron chi connectivity index (χ1n) is 15.5. The zero-order valence-electron chi connectivity index (χ0n) is 29.6. The number of nitrogens with zero attached hydrogens (tertiary/aromatic N) is 2. The topological polar surface area (TPSA) is 84.4 Å². The molecule has 5 nitrogen and oxygen atoms in total. The molecule has 4 aromatic carbocycles. The van der Waals surface area contributed by atoms with Crippen LogP contribution in [0.4, 0.5) is 0 Å². The van der Waals surface area contributed by atoms with E-state index < -0.39 is 15.8 Å². The predicted octanol–water partition coefficient (Wildman–Crippen LogP) is 8.80. The number of rotatable bonds is 9. The van der Waals surface area contributed by atoms with Gasteiger partial charge in [0.05, 0.1) is 11.4 Å². The quantitative estimate of drug-likeness (QED) is 0.0531. The van der Waals surface area contributed by atoms with Gasteiger partial charge >= 0.3 is 33.9 Å². The minimum absolute atomic E-state index is 0. The van der Waals surface area contributed by atoms with Gasteiger partial charge < -0.3 is 0 Å². The van der Waals surface area contributed by atoms with Gasteiger partial charge in [0.15, 0.2) is 0 Å². The zero-order chi connectivity index (χ0) is 36.3. The number of hydrogen-bond donors (Lipinski definition) is 0. The molecule has 4 aromatic rings. The van der Waals surface area contributed by atoms with Crippen LogP contribution in [0.5, 0.6) is 0 Å². The van der Waals surface area contributed by atoms with E-state index >= 15 is 0 Å². The average molecular weight is 861 g/mol. The Bertz CT molecular complexity index is 1400. The summed E-state index contributed by atoms with van der Waals surface area (Å²) in [6, 6.07) is 43.8. The minimum atomic E-state index is -0.671. The first-order valence-corrected chi connectivity index (χ1v) is 18.4. The second kappa shape index (κ2) is 23.4. The van der Waals surface area contributed by atoms with E-state index in [4.69, 9.17) is 24.2 Å². The van der Waals surface area contributed by atoms with Crippen molar-refractivity contribution in [2.45, 2.75) is 66.7 Å². The van der Waals surface area contributed by atoms with Crippen LogP contribution >= 0.6 is 15.8 Å². The maximum Gasteiger partial charge on any atom is 0 e. The van der Waals surface area contributed by atoms with Crippen molar-refractivity contribution in [1.29, 1.82) is 0 Å². The summed E-state index contributed by atoms with van der Waals surface area (Å²) < 4.78 is 22.5. The van der Waals surface area contributed by atoms with E-state index in [0.717, 1.165) is 11.4 Å². The molecule has 2 atom stereocenters. The van der Waals surface area contributed by atoms with Crippen molar-refractivity contribution in [3.63, 3.8) is 0 Å². The average Bonchev–Trinajstić information content (AvgIpc) is 3.10. The fourth-order valence-electron chi connectivity index (χ4n) is 5.62. The number of hydrogen-bond acceptors (Lipinski definition) is 2. The molecule has 0 saturated carbocycles. The molecule has 0 aliphatic carbocycles. The molecule has 0 amide bonds. The molecular weight excluding hydrogens is 814 g/mol. The van der Waals surface area contributed by atoms with Gasteiger partial charge in [-0.25, -0.2) is 0 Å². The van der Waals surface area contributed by atoms with E-state index in [9.17, 15) is 0 Å². The second-order valence-electron chi connectivity index (χ2n) is 12.9. The Balaban J connectivity index is 0.00000312. The van der Waals surface area contributed by atoms with Gasteiger partial charge in [-0.15, -0.1) is 0 Å². The Labute approximate surface area is 311 Å². The van der Waals surface area contributed by atoms with Gasteiger partial charge in [0.2, 0.25) is 0 Å². The van der Waals surface area contributed by atoms with E-state index in [0.29, 0.717) is 0 Å². The van der Waals surface area contributed by atoms with E-state index in [-0.39, 0.29) is 43.2 Å². The van der Waals surface area contributed by atoms with Crippen LogP contribution in [0.15, 0.2) is 132 Å². The van der Waals surface area contributed by atoms with Gasteiger partial charge in [-0.3, -0.25) is 0 Å². The molecule has 0 fully saturated rings. The molecule has 254 valence electrons. The van der Waals surface area contributed by atoms with Crippen LogP contribution in [0, 0.1) is 30.8 Å². The molecule has 0 aliphatic rings. The Morgan fingerprint density at radius 3 is 0.796 bits per heavy atom. The van der Waals surface area contributed by atoms with Crippen molar-refractivity contribution in [3.05, 3.63) is 141 Å². The molecule has 49 heavy (non-hydrogen) atoms. The number of benzene rings is 4. The first-order chi connectivity index (χ1) is 23.0. The summed E-state index contributed by atoms with van der Waals surface area (Å²) in [5.74, 6) is 0. The maximum absolute atomic E-state index is 7.50. The van der Waals surface area contributed by atoms with Gasteiger partial charge in [0.1, 0.15) is 0 Å². The van der Waals surface area contributed by atoms with Crippen molar-refractivity contribution >= 4 is 48.5 Å². The summed E-state index contributed by atoms with van der Waals surface area (Å²) in [6.45, 7) is 31.9. The molecule has 0 aromatic heterocycles. The van der Waals surface area contributed by atoms with Gasteiger partial charge in [0.25, 0.3) is 0 Å². The van der Waals surface area contributed by atoms with Gasteiger partial charge in [-0.05, 0) is 37.1 Å². The normalized spacial score (nSPS) is 12.7. The maximum atomic E-state index is 7.50. The summed E-state index contributed by atoms with van der Waals surface area (Å²) in [5.41, 5.74) is 2.47. The Morgan fingerprint density at radius 2 is 0.633 bits per heavy atom. The van der Waals surface area contributed by atoms with Crippen LogP contribution in [0.3, 0.4) is 0 Å². The van der Waals surface area contributed by atoms with Crippen molar-refractivity contribution in [2.24, 2.45) is 21.0 Å². The van der Waals surface area contributed by atoms with Crippen molar-refractivity contribution in [1.82, 2.24) is 0 Å². The van der Waals surface area contributed by atoms with Crippen LogP contribution in [0.2, 0.25) is 0 Å². The molecular formula is C41H46N2O3P2W. The van der Waals surface area contributed by atoms with Crippen LogP contribution in [-0.2, 0) is 35.0 Å². The summed E-state index contributed by atoms with van der Waals surface area (Å²) in [5, 5.41) is 16.0. The van der Waals surface area contributed by atoms with E-state index in [1.54, 1.807) is 0 Å². The van der Waals surface area contributed by atoms with Crippen LogP contribution in [-0.4, -0.2) is 22.7 Å². The minimum Gasteiger partial charge on any atom is 0 e. The smallest absolute Gasteiger partial charge is 0 e. The van der Waals surface area contributed by atoms with Crippen LogP contribution in [0.1, 0.15) is 55.4 Å². The standard InChI is InChI=1S/C38H46N2P2.3CO.W/c1-29(41(31-21-13-9-14-22-31)32-23-15-10-16-24-32)35(37(3,4)5)39-40-36(38(6,7)8)30(2)42(33-25-17-11-18-26-33)34-27-19-12-20-28-34;3*1-2;/h9-30H,1-8H3;;;;/b39-35-,40-36+;;;;/t29-,30-;;;;/m0..../s1. The summed E-state index contributed by atoms with van der Waals surface area (Å²) >= 11 is 0. The zero-order valence-corrected chi connectivity index (χ0v) is 34.3. The van der Waals surface area contributed by atoms with E-state index in [2.05, 4.69) is 197 Å². The molecule has 0 spiro atoms. The molecule has 0 aliphatic heterocycles. The third-order valence-electron chi connectivity index (χ3n) is 7.51. The molecule has 0 heterocycles. The van der Waals surface area contributed by atoms with Crippen LogP contribution < -0.4 is 21.2 Å². The molecule has 0 N–H and O–H groups in total. The summed E-state index contributed by atoms with van der Waals surface area (Å²) in [7, 11) is -1.34. The van der Waals surface area contributed by atoms with Gasteiger partial charge in [-0.2, -0.15) is 10.2 Å². The van der Waals surface area contributed by atoms with Crippen molar-refractivity contribution in [3.8, 4) is 0 Å². The Hall–Kier alpha value is -3.01.